The average molecular weight is 421 g/mol. The van der Waals surface area contributed by atoms with Gasteiger partial charge in [-0.3, -0.25) is 4.79 Å². The second-order valence-electron chi connectivity index (χ2n) is 8.22. The molecule has 2 aromatic carbocycles. The number of hydrogen-bond acceptors (Lipinski definition) is 5. The van der Waals surface area contributed by atoms with Gasteiger partial charge in [-0.25, -0.2) is 4.79 Å². The minimum Gasteiger partial charge on any atom is -0.495 e. The van der Waals surface area contributed by atoms with Gasteiger partial charge in [-0.1, -0.05) is 24.3 Å². The largest absolute Gasteiger partial charge is 0.495 e. The summed E-state index contributed by atoms with van der Waals surface area (Å²) < 4.78 is 10.5. The van der Waals surface area contributed by atoms with Gasteiger partial charge in [-0.05, 0) is 67.9 Å². The third-order valence-electron chi connectivity index (χ3n) is 6.29. The molecule has 0 unspecified atom stereocenters. The second kappa shape index (κ2) is 8.46. The first-order valence-electron chi connectivity index (χ1n) is 10.7. The van der Waals surface area contributed by atoms with Crippen LogP contribution in [0.4, 0.5) is 11.4 Å². The SMILES string of the molecule is CCOC(=O)C1=C[C@@]2(CC1)CCN(C(=O)c1ccc(N)c(OC)c1)c1ccccc1C2. The number of benzene rings is 2. The molecule has 0 bridgehead atoms. The molecule has 0 fully saturated rings. The van der Waals surface area contributed by atoms with Crippen molar-refractivity contribution in [3.8, 4) is 5.75 Å². The molecule has 1 aliphatic carbocycles. The molecule has 1 heterocycles. The number of rotatable bonds is 4. The van der Waals surface area contributed by atoms with Crippen molar-refractivity contribution in [2.75, 3.05) is 30.9 Å². The van der Waals surface area contributed by atoms with E-state index in [0.29, 0.717) is 36.6 Å². The molecule has 6 heteroatoms. The van der Waals surface area contributed by atoms with Crippen LogP contribution < -0.4 is 15.4 Å². The van der Waals surface area contributed by atoms with Gasteiger partial charge in [0.25, 0.3) is 5.91 Å². The maximum Gasteiger partial charge on any atom is 0.333 e. The Balaban J connectivity index is 1.67. The number of methoxy groups -OCH3 is 1. The lowest BCUT2D eigenvalue weighted by Crippen LogP contribution is -2.33. The van der Waals surface area contributed by atoms with Gasteiger partial charge in [0, 0.05) is 23.4 Å². The fourth-order valence-corrected chi connectivity index (χ4v) is 4.68. The number of nitrogen functional groups attached to an aromatic ring is 1. The van der Waals surface area contributed by atoms with Gasteiger partial charge in [0.05, 0.1) is 19.4 Å². The van der Waals surface area contributed by atoms with E-state index in [-0.39, 0.29) is 17.3 Å². The van der Waals surface area contributed by atoms with Crippen molar-refractivity contribution in [2.24, 2.45) is 5.41 Å². The summed E-state index contributed by atoms with van der Waals surface area (Å²) in [5.74, 6) is 0.178. The summed E-state index contributed by atoms with van der Waals surface area (Å²) in [4.78, 5) is 27.6. The zero-order valence-corrected chi connectivity index (χ0v) is 18.0. The first-order chi connectivity index (χ1) is 15.0. The zero-order chi connectivity index (χ0) is 22.0. The Morgan fingerprint density at radius 1 is 1.16 bits per heavy atom. The lowest BCUT2D eigenvalue weighted by atomic mass is 9.79. The third kappa shape index (κ3) is 4.02. The summed E-state index contributed by atoms with van der Waals surface area (Å²) in [6, 6.07) is 13.1. The number of nitrogens with zero attached hydrogens (tertiary/aromatic N) is 1. The number of amides is 1. The number of anilines is 2. The van der Waals surface area contributed by atoms with Gasteiger partial charge in [0.2, 0.25) is 0 Å². The molecule has 1 atom stereocenters. The third-order valence-corrected chi connectivity index (χ3v) is 6.29. The molecule has 31 heavy (non-hydrogen) atoms. The van der Waals surface area contributed by atoms with E-state index < -0.39 is 0 Å². The van der Waals surface area contributed by atoms with Crippen LogP contribution in [0.1, 0.15) is 42.1 Å². The van der Waals surface area contributed by atoms with Crippen LogP contribution in [0.25, 0.3) is 0 Å². The Morgan fingerprint density at radius 3 is 2.74 bits per heavy atom. The van der Waals surface area contributed by atoms with Crippen LogP contribution in [0.15, 0.2) is 54.1 Å². The molecule has 162 valence electrons. The van der Waals surface area contributed by atoms with Gasteiger partial charge in [-0.15, -0.1) is 0 Å². The van der Waals surface area contributed by atoms with Crippen LogP contribution in [0.2, 0.25) is 0 Å². The maximum absolute atomic E-state index is 13.5. The standard InChI is InChI=1S/C25H28N2O4/c1-3-31-24(29)19-10-11-25(16-19)12-13-27(21-7-5-4-6-18(21)15-25)23(28)17-8-9-20(26)22(14-17)30-2/h4-9,14,16H,3,10-13,15,26H2,1-2H3/t25-/m0/s1. The summed E-state index contributed by atoms with van der Waals surface area (Å²) in [5, 5.41) is 0. The lowest BCUT2D eigenvalue weighted by molar-refractivity contribution is -0.138. The van der Waals surface area contributed by atoms with Crippen molar-refractivity contribution in [3.63, 3.8) is 0 Å². The molecule has 4 rings (SSSR count). The van der Waals surface area contributed by atoms with Crippen molar-refractivity contribution in [2.45, 2.75) is 32.6 Å². The molecular weight excluding hydrogens is 392 g/mol. The van der Waals surface area contributed by atoms with Gasteiger partial charge in [0.15, 0.2) is 0 Å². The molecule has 1 spiro atoms. The second-order valence-corrected chi connectivity index (χ2v) is 8.22. The quantitative estimate of drug-likeness (QED) is 0.594. The average Bonchev–Trinajstić information content (AvgIpc) is 3.11. The molecular formula is C25H28N2O4. The smallest absolute Gasteiger partial charge is 0.333 e. The Labute approximate surface area is 182 Å². The van der Waals surface area contributed by atoms with Crippen molar-refractivity contribution >= 4 is 23.3 Å². The molecule has 1 aliphatic heterocycles. The monoisotopic (exact) mass is 420 g/mol. The maximum atomic E-state index is 13.5. The summed E-state index contributed by atoms with van der Waals surface area (Å²) in [6.45, 7) is 2.76. The summed E-state index contributed by atoms with van der Waals surface area (Å²) in [5.41, 5.74) is 9.58. The lowest BCUT2D eigenvalue weighted by Gasteiger charge is -2.26. The van der Waals surface area contributed by atoms with Gasteiger partial charge >= 0.3 is 5.97 Å². The Bertz CT molecular complexity index is 1050. The fourth-order valence-electron chi connectivity index (χ4n) is 4.68. The van der Waals surface area contributed by atoms with E-state index >= 15 is 0 Å². The highest BCUT2D eigenvalue weighted by Gasteiger charge is 2.39. The number of para-hydroxylation sites is 1. The van der Waals surface area contributed by atoms with Crippen LogP contribution in [0.5, 0.6) is 5.75 Å². The van der Waals surface area contributed by atoms with E-state index in [0.717, 1.165) is 36.1 Å². The van der Waals surface area contributed by atoms with Crippen LogP contribution >= 0.6 is 0 Å². The van der Waals surface area contributed by atoms with E-state index in [4.69, 9.17) is 15.2 Å². The minimum absolute atomic E-state index is 0.0876. The fraction of sp³-hybridized carbons (Fsp3) is 0.360. The molecule has 1 amide bonds. The van der Waals surface area contributed by atoms with E-state index in [1.807, 2.05) is 30.0 Å². The zero-order valence-electron chi connectivity index (χ0n) is 18.0. The van der Waals surface area contributed by atoms with Gasteiger partial charge in [-0.2, -0.15) is 0 Å². The van der Waals surface area contributed by atoms with Crippen molar-refractivity contribution in [1.82, 2.24) is 0 Å². The number of carbonyl (C=O) groups is 2. The number of carbonyl (C=O) groups excluding carboxylic acids is 2. The van der Waals surface area contributed by atoms with Crippen LogP contribution in [-0.4, -0.2) is 32.1 Å². The minimum atomic E-state index is -0.223. The highest BCUT2D eigenvalue weighted by atomic mass is 16.5. The number of ether oxygens (including phenoxy) is 2. The normalized spacial score (nSPS) is 20.1. The van der Waals surface area contributed by atoms with E-state index in [9.17, 15) is 9.59 Å². The van der Waals surface area contributed by atoms with E-state index in [1.54, 1.807) is 25.3 Å². The van der Waals surface area contributed by atoms with Gasteiger partial charge in [0.1, 0.15) is 5.75 Å². The van der Waals surface area contributed by atoms with Gasteiger partial charge < -0.3 is 20.1 Å². The number of hydrogen-bond donors (Lipinski definition) is 1. The first-order valence-corrected chi connectivity index (χ1v) is 10.7. The summed E-state index contributed by atoms with van der Waals surface area (Å²) in [6.07, 6.45) is 5.27. The Morgan fingerprint density at radius 2 is 1.97 bits per heavy atom. The predicted octanol–water partition coefficient (Wildman–Crippen LogP) is 4.14. The van der Waals surface area contributed by atoms with Crippen molar-refractivity contribution in [1.29, 1.82) is 0 Å². The summed E-state index contributed by atoms with van der Waals surface area (Å²) in [7, 11) is 1.54. The molecule has 0 radical (unpaired) electrons. The topological polar surface area (TPSA) is 81.9 Å². The summed E-state index contributed by atoms with van der Waals surface area (Å²) >= 11 is 0. The van der Waals surface area contributed by atoms with Crippen molar-refractivity contribution < 1.29 is 19.1 Å². The molecule has 2 aromatic rings. The molecule has 0 saturated carbocycles. The number of allylic oxidation sites excluding steroid dienone is 1. The molecule has 6 nitrogen and oxygen atoms in total. The van der Waals surface area contributed by atoms with Crippen molar-refractivity contribution in [3.05, 3.63) is 65.2 Å². The van der Waals surface area contributed by atoms with E-state index in [2.05, 4.69) is 12.1 Å². The van der Waals surface area contributed by atoms with Crippen LogP contribution in [-0.2, 0) is 16.0 Å². The first kappa shape index (κ1) is 21.0. The van der Waals surface area contributed by atoms with Crippen LogP contribution in [0.3, 0.4) is 0 Å². The van der Waals surface area contributed by atoms with E-state index in [1.165, 1.54) is 0 Å². The molecule has 2 N–H and O–H groups in total. The Kier molecular flexibility index (Phi) is 5.72. The predicted molar refractivity (Wildman–Crippen MR) is 120 cm³/mol. The number of esters is 1. The van der Waals surface area contributed by atoms with Crippen LogP contribution in [0, 0.1) is 5.41 Å². The number of nitrogens with two attached hydrogens (primary N) is 1. The molecule has 0 aromatic heterocycles. The Hall–Kier alpha value is -3.28. The number of fused-ring (bicyclic) bond motifs is 1. The highest BCUT2D eigenvalue weighted by molar-refractivity contribution is 6.07. The molecule has 0 saturated heterocycles. The molecule has 2 aliphatic rings. The highest BCUT2D eigenvalue weighted by Crippen LogP contribution is 2.46.